The average molecular weight is 611 g/mol. The summed E-state index contributed by atoms with van der Waals surface area (Å²) < 4.78 is 4.51. The molecule has 0 saturated heterocycles. The summed E-state index contributed by atoms with van der Waals surface area (Å²) in [5.74, 6) is 0. The summed E-state index contributed by atoms with van der Waals surface area (Å²) in [6.07, 6.45) is 0. The maximum Gasteiger partial charge on any atom is 0.0998 e. The van der Waals surface area contributed by atoms with E-state index < -0.39 is 0 Å². The Labute approximate surface area is 277 Å². The highest BCUT2D eigenvalue weighted by Crippen LogP contribution is 2.39. The van der Waals surface area contributed by atoms with Gasteiger partial charge in [0.15, 0.2) is 0 Å². The van der Waals surface area contributed by atoms with Crippen LogP contribution in [0.15, 0.2) is 158 Å². The Morgan fingerprint density at radius 2 is 0.875 bits per heavy atom. The molecule has 0 N–H and O–H groups in total. The van der Waals surface area contributed by atoms with E-state index in [0.717, 1.165) is 55.7 Å². The number of nitrogens with zero attached hydrogens (tertiary/aromatic N) is 4. The molecule has 4 nitrogen and oxygen atoms in total. The standard InChI is InChI=1S/C44H26N4/c45-27-30-22-21-29(33-24-23-32(25-31(33)28-46)47-40-16-6-1-11-34(40)35-12-2-7-17-41(35)47)26-39(30)38-15-5-10-20-44(38)48-42-18-8-3-13-36(42)37-14-4-9-19-43(37)48/h1-26H. The SMILES string of the molecule is N#Cc1cc(-n2c3ccccc3c3ccccc32)ccc1-c1ccc(C#N)c(-c2ccccc2-n2c3ccccc3c3ccccc32)c1. The fourth-order valence-electron chi connectivity index (χ4n) is 7.33. The first-order valence-electron chi connectivity index (χ1n) is 15.9. The fraction of sp³-hybridized carbons (Fsp3) is 0. The maximum atomic E-state index is 10.5. The van der Waals surface area contributed by atoms with Crippen molar-refractivity contribution < 1.29 is 0 Å². The van der Waals surface area contributed by atoms with E-state index >= 15 is 0 Å². The molecule has 9 aromatic rings. The van der Waals surface area contributed by atoms with E-state index in [4.69, 9.17) is 0 Å². The summed E-state index contributed by atoms with van der Waals surface area (Å²) >= 11 is 0. The van der Waals surface area contributed by atoms with E-state index in [2.05, 4.69) is 130 Å². The van der Waals surface area contributed by atoms with E-state index in [-0.39, 0.29) is 0 Å². The van der Waals surface area contributed by atoms with E-state index in [0.29, 0.717) is 11.1 Å². The van der Waals surface area contributed by atoms with Crippen LogP contribution in [0.2, 0.25) is 0 Å². The van der Waals surface area contributed by atoms with Gasteiger partial charge in [-0.25, -0.2) is 0 Å². The van der Waals surface area contributed by atoms with Gasteiger partial charge in [-0.2, -0.15) is 10.5 Å². The highest BCUT2D eigenvalue weighted by atomic mass is 15.0. The molecule has 0 aliphatic carbocycles. The van der Waals surface area contributed by atoms with Crippen LogP contribution in [0.3, 0.4) is 0 Å². The number of fused-ring (bicyclic) bond motifs is 6. The highest BCUT2D eigenvalue weighted by Gasteiger charge is 2.19. The summed E-state index contributed by atoms with van der Waals surface area (Å²) in [7, 11) is 0. The molecule has 0 atom stereocenters. The Kier molecular flexibility index (Phi) is 6.22. The van der Waals surface area contributed by atoms with Crippen LogP contribution in [-0.2, 0) is 0 Å². The molecule has 2 heterocycles. The topological polar surface area (TPSA) is 57.4 Å². The molecule has 4 heteroatoms. The third-order valence-electron chi connectivity index (χ3n) is 9.43. The van der Waals surface area contributed by atoms with Crippen LogP contribution in [0.1, 0.15) is 11.1 Å². The van der Waals surface area contributed by atoms with E-state index in [1.807, 2.05) is 48.5 Å². The molecular weight excluding hydrogens is 585 g/mol. The van der Waals surface area contributed by atoms with Gasteiger partial charge < -0.3 is 9.13 Å². The summed E-state index contributed by atoms with van der Waals surface area (Å²) in [6.45, 7) is 0. The first-order chi connectivity index (χ1) is 23.7. The predicted octanol–water partition coefficient (Wildman–Crippen LogP) is 11.0. The van der Waals surface area contributed by atoms with Crippen molar-refractivity contribution >= 4 is 43.6 Å². The van der Waals surface area contributed by atoms with Crippen LogP contribution < -0.4 is 0 Å². The number of para-hydroxylation sites is 5. The van der Waals surface area contributed by atoms with Crippen molar-refractivity contribution in [3.63, 3.8) is 0 Å². The zero-order chi connectivity index (χ0) is 32.2. The molecule has 9 rings (SSSR count). The Morgan fingerprint density at radius 3 is 1.44 bits per heavy atom. The van der Waals surface area contributed by atoms with Gasteiger partial charge in [-0.05, 0) is 65.7 Å². The molecule has 7 aromatic carbocycles. The molecule has 0 fully saturated rings. The summed E-state index contributed by atoms with van der Waals surface area (Å²) in [5, 5.41) is 25.5. The predicted molar refractivity (Wildman–Crippen MR) is 195 cm³/mol. The molecular formula is C44H26N4. The number of nitriles is 2. The van der Waals surface area contributed by atoms with Crippen molar-refractivity contribution in [2.75, 3.05) is 0 Å². The molecule has 0 spiro atoms. The molecule has 0 amide bonds. The zero-order valence-corrected chi connectivity index (χ0v) is 25.8. The molecule has 2 aromatic heterocycles. The number of hydrogen-bond acceptors (Lipinski definition) is 2. The molecule has 0 aliphatic rings. The van der Waals surface area contributed by atoms with Gasteiger partial charge in [0.1, 0.15) is 0 Å². The number of hydrogen-bond donors (Lipinski definition) is 0. The minimum atomic E-state index is 0.570. The Morgan fingerprint density at radius 1 is 0.375 bits per heavy atom. The second-order valence-electron chi connectivity index (χ2n) is 12.0. The molecule has 48 heavy (non-hydrogen) atoms. The highest BCUT2D eigenvalue weighted by molar-refractivity contribution is 6.10. The Bertz CT molecular complexity index is 2710. The minimum Gasteiger partial charge on any atom is -0.309 e. The number of rotatable bonds is 4. The average Bonchev–Trinajstić information content (AvgIpc) is 3.67. The fourth-order valence-corrected chi connectivity index (χ4v) is 7.33. The van der Waals surface area contributed by atoms with Gasteiger partial charge in [-0.15, -0.1) is 0 Å². The van der Waals surface area contributed by atoms with E-state index in [1.54, 1.807) is 0 Å². The lowest BCUT2D eigenvalue weighted by Gasteiger charge is -2.16. The maximum absolute atomic E-state index is 10.5. The van der Waals surface area contributed by atoms with Crippen LogP contribution >= 0.6 is 0 Å². The number of aromatic nitrogens is 2. The second-order valence-corrected chi connectivity index (χ2v) is 12.0. The first-order valence-corrected chi connectivity index (χ1v) is 15.9. The van der Waals surface area contributed by atoms with Crippen molar-refractivity contribution in [1.29, 1.82) is 10.5 Å². The Balaban J connectivity index is 1.23. The molecule has 0 aliphatic heterocycles. The summed E-state index contributed by atoms with van der Waals surface area (Å²) in [4.78, 5) is 0. The van der Waals surface area contributed by atoms with Crippen LogP contribution in [0.4, 0.5) is 0 Å². The molecule has 0 radical (unpaired) electrons. The largest absolute Gasteiger partial charge is 0.309 e. The molecule has 222 valence electrons. The van der Waals surface area contributed by atoms with Gasteiger partial charge in [0.25, 0.3) is 0 Å². The van der Waals surface area contributed by atoms with Crippen LogP contribution in [-0.4, -0.2) is 9.13 Å². The second kappa shape index (κ2) is 10.9. The third-order valence-corrected chi connectivity index (χ3v) is 9.43. The quantitative estimate of drug-likeness (QED) is 0.199. The normalized spacial score (nSPS) is 11.3. The van der Waals surface area contributed by atoms with Crippen molar-refractivity contribution in [1.82, 2.24) is 9.13 Å². The molecule has 0 saturated carbocycles. The number of benzene rings is 7. The third kappa shape index (κ3) is 4.07. The van der Waals surface area contributed by atoms with Crippen LogP contribution in [0.25, 0.3) is 77.2 Å². The van der Waals surface area contributed by atoms with Gasteiger partial charge in [-0.3, -0.25) is 0 Å². The lowest BCUT2D eigenvalue weighted by molar-refractivity contribution is 1.18. The summed E-state index contributed by atoms with van der Waals surface area (Å²) in [6, 6.07) is 58.7. The monoisotopic (exact) mass is 610 g/mol. The lowest BCUT2D eigenvalue weighted by Crippen LogP contribution is -1.99. The van der Waals surface area contributed by atoms with Crippen molar-refractivity contribution in [2.45, 2.75) is 0 Å². The van der Waals surface area contributed by atoms with Crippen LogP contribution in [0.5, 0.6) is 0 Å². The van der Waals surface area contributed by atoms with E-state index in [1.165, 1.54) is 21.5 Å². The van der Waals surface area contributed by atoms with Crippen LogP contribution in [0, 0.1) is 22.7 Å². The van der Waals surface area contributed by atoms with Crippen molar-refractivity contribution in [2.24, 2.45) is 0 Å². The Hall–Kier alpha value is -6.88. The van der Waals surface area contributed by atoms with Gasteiger partial charge >= 0.3 is 0 Å². The van der Waals surface area contributed by atoms with Gasteiger partial charge in [0, 0.05) is 38.4 Å². The van der Waals surface area contributed by atoms with Gasteiger partial charge in [0.05, 0.1) is 51.0 Å². The molecule has 0 bridgehead atoms. The van der Waals surface area contributed by atoms with Gasteiger partial charge in [0.2, 0.25) is 0 Å². The van der Waals surface area contributed by atoms with Gasteiger partial charge in [-0.1, -0.05) is 103 Å². The first kappa shape index (κ1) is 27.4. The zero-order valence-electron chi connectivity index (χ0n) is 25.8. The van der Waals surface area contributed by atoms with Crippen molar-refractivity contribution in [3.8, 4) is 45.8 Å². The smallest absolute Gasteiger partial charge is 0.0998 e. The van der Waals surface area contributed by atoms with Crippen molar-refractivity contribution in [3.05, 3.63) is 169 Å². The lowest BCUT2D eigenvalue weighted by atomic mass is 9.92. The summed E-state index contributed by atoms with van der Waals surface area (Å²) in [5.41, 5.74) is 10.9. The minimum absolute atomic E-state index is 0.570. The van der Waals surface area contributed by atoms with E-state index in [9.17, 15) is 10.5 Å². The molecule has 0 unspecified atom stereocenters.